The van der Waals surface area contributed by atoms with Crippen LogP contribution < -0.4 is 11.1 Å². The van der Waals surface area contributed by atoms with Crippen LogP contribution in [0.2, 0.25) is 0 Å². The van der Waals surface area contributed by atoms with Crippen LogP contribution in [0.15, 0.2) is 0 Å². The third-order valence-electron chi connectivity index (χ3n) is 2.20. The van der Waals surface area contributed by atoms with E-state index in [1.54, 1.807) is 0 Å². The van der Waals surface area contributed by atoms with E-state index >= 15 is 0 Å². The maximum absolute atomic E-state index is 5.63. The van der Waals surface area contributed by atoms with Crippen LogP contribution in [0.4, 0.5) is 0 Å². The van der Waals surface area contributed by atoms with Crippen LogP contribution in [0, 0.1) is 5.92 Å². The molecule has 2 heteroatoms. The van der Waals surface area contributed by atoms with Gasteiger partial charge >= 0.3 is 0 Å². The number of hydrogen-bond acceptors (Lipinski definition) is 2. The highest BCUT2D eigenvalue weighted by Gasteiger charge is 1.97. The third kappa shape index (κ3) is 8.02. The van der Waals surface area contributed by atoms with Crippen LogP contribution in [0.3, 0.4) is 0 Å². The summed E-state index contributed by atoms with van der Waals surface area (Å²) in [6.45, 7) is 8.84. The van der Waals surface area contributed by atoms with Gasteiger partial charge in [0, 0.05) is 6.04 Å². The van der Waals surface area contributed by atoms with E-state index in [2.05, 4.69) is 26.1 Å². The Balaban J connectivity index is 3.00. The second-order valence-electron chi connectivity index (χ2n) is 3.84. The Morgan fingerprint density at radius 1 is 1.33 bits per heavy atom. The molecule has 0 aliphatic rings. The second-order valence-corrected chi connectivity index (χ2v) is 3.84. The van der Waals surface area contributed by atoms with Crippen LogP contribution in [-0.2, 0) is 0 Å². The van der Waals surface area contributed by atoms with Crippen molar-refractivity contribution in [2.24, 2.45) is 11.7 Å². The maximum Gasteiger partial charge on any atom is 0.00109 e. The molecule has 0 aromatic carbocycles. The number of rotatable bonds is 7. The van der Waals surface area contributed by atoms with E-state index in [0.717, 1.165) is 25.4 Å². The standard InChI is InChI=1S/C10H24N2/c1-4-9(2)8-12-7-5-6-10(3)11/h9-10,12H,4-8,11H2,1-3H3. The smallest absolute Gasteiger partial charge is 0.00109 e. The zero-order valence-corrected chi connectivity index (χ0v) is 8.77. The summed E-state index contributed by atoms with van der Waals surface area (Å²) in [5.74, 6) is 0.806. The molecule has 0 saturated heterocycles. The molecule has 0 aliphatic carbocycles. The average molecular weight is 172 g/mol. The molecule has 0 aromatic rings. The summed E-state index contributed by atoms with van der Waals surface area (Å²) in [7, 11) is 0. The van der Waals surface area contributed by atoms with Gasteiger partial charge in [-0.3, -0.25) is 0 Å². The molecule has 0 fully saturated rings. The van der Waals surface area contributed by atoms with Gasteiger partial charge in [-0.15, -0.1) is 0 Å². The fourth-order valence-corrected chi connectivity index (χ4v) is 1.04. The van der Waals surface area contributed by atoms with Gasteiger partial charge in [-0.1, -0.05) is 20.3 Å². The summed E-state index contributed by atoms with van der Waals surface area (Å²) in [5, 5.41) is 3.44. The maximum atomic E-state index is 5.63. The average Bonchev–Trinajstić information content (AvgIpc) is 2.03. The predicted molar refractivity (Wildman–Crippen MR) is 55.2 cm³/mol. The Morgan fingerprint density at radius 3 is 2.50 bits per heavy atom. The molecule has 0 saturated carbocycles. The first-order valence-electron chi connectivity index (χ1n) is 5.13. The lowest BCUT2D eigenvalue weighted by atomic mass is 10.1. The van der Waals surface area contributed by atoms with Crippen LogP contribution in [0.25, 0.3) is 0 Å². The van der Waals surface area contributed by atoms with Crippen LogP contribution in [-0.4, -0.2) is 19.1 Å². The van der Waals surface area contributed by atoms with Crippen molar-refractivity contribution in [3.8, 4) is 0 Å². The van der Waals surface area contributed by atoms with Crippen molar-refractivity contribution in [3.05, 3.63) is 0 Å². The second kappa shape index (κ2) is 7.56. The number of nitrogens with two attached hydrogens (primary N) is 1. The zero-order valence-electron chi connectivity index (χ0n) is 8.77. The van der Waals surface area contributed by atoms with Crippen molar-refractivity contribution in [2.45, 2.75) is 46.1 Å². The zero-order chi connectivity index (χ0) is 9.40. The molecule has 0 aliphatic heterocycles. The van der Waals surface area contributed by atoms with E-state index in [-0.39, 0.29) is 0 Å². The van der Waals surface area contributed by atoms with Gasteiger partial charge in [-0.05, 0) is 38.8 Å². The lowest BCUT2D eigenvalue weighted by Gasteiger charge is -2.10. The fraction of sp³-hybridized carbons (Fsp3) is 1.00. The molecule has 2 unspecified atom stereocenters. The van der Waals surface area contributed by atoms with Gasteiger partial charge in [0.05, 0.1) is 0 Å². The first kappa shape index (κ1) is 11.9. The molecule has 12 heavy (non-hydrogen) atoms. The topological polar surface area (TPSA) is 38.0 Å². The van der Waals surface area contributed by atoms with Crippen molar-refractivity contribution < 1.29 is 0 Å². The summed E-state index contributed by atoms with van der Waals surface area (Å²) < 4.78 is 0. The molecule has 0 rings (SSSR count). The first-order valence-corrected chi connectivity index (χ1v) is 5.13. The van der Waals surface area contributed by atoms with E-state index in [1.165, 1.54) is 12.8 Å². The monoisotopic (exact) mass is 172 g/mol. The lowest BCUT2D eigenvalue weighted by Crippen LogP contribution is -2.23. The minimum Gasteiger partial charge on any atom is -0.328 e. The third-order valence-corrected chi connectivity index (χ3v) is 2.20. The molecule has 3 N–H and O–H groups in total. The van der Waals surface area contributed by atoms with Crippen molar-refractivity contribution in [1.82, 2.24) is 5.32 Å². The molecule has 0 bridgehead atoms. The highest BCUT2D eigenvalue weighted by atomic mass is 14.8. The lowest BCUT2D eigenvalue weighted by molar-refractivity contribution is 0.485. The number of nitrogens with one attached hydrogen (secondary N) is 1. The van der Waals surface area contributed by atoms with E-state index in [9.17, 15) is 0 Å². The van der Waals surface area contributed by atoms with Crippen molar-refractivity contribution in [2.75, 3.05) is 13.1 Å². The molecule has 2 atom stereocenters. The van der Waals surface area contributed by atoms with Crippen molar-refractivity contribution in [3.63, 3.8) is 0 Å². The van der Waals surface area contributed by atoms with Crippen molar-refractivity contribution >= 4 is 0 Å². The minimum atomic E-state index is 0.357. The molecule has 0 spiro atoms. The van der Waals surface area contributed by atoms with Crippen LogP contribution >= 0.6 is 0 Å². The molecule has 2 nitrogen and oxygen atoms in total. The molecule has 0 heterocycles. The molecule has 74 valence electrons. The van der Waals surface area contributed by atoms with E-state index in [1.807, 2.05) is 0 Å². The van der Waals surface area contributed by atoms with Gasteiger partial charge < -0.3 is 11.1 Å². The Bertz CT molecular complexity index is 91.8. The van der Waals surface area contributed by atoms with E-state index < -0.39 is 0 Å². The quantitative estimate of drug-likeness (QED) is 0.574. The van der Waals surface area contributed by atoms with Gasteiger partial charge in [-0.25, -0.2) is 0 Å². The van der Waals surface area contributed by atoms with E-state index in [0.29, 0.717) is 6.04 Å². The summed E-state index contributed by atoms with van der Waals surface area (Å²) in [6.07, 6.45) is 3.60. The van der Waals surface area contributed by atoms with Crippen molar-refractivity contribution in [1.29, 1.82) is 0 Å². The summed E-state index contributed by atoms with van der Waals surface area (Å²) in [6, 6.07) is 0.357. The summed E-state index contributed by atoms with van der Waals surface area (Å²) in [4.78, 5) is 0. The molecule has 0 radical (unpaired) electrons. The highest BCUT2D eigenvalue weighted by molar-refractivity contribution is 4.57. The Labute approximate surface area is 76.9 Å². The fourth-order valence-electron chi connectivity index (χ4n) is 1.04. The Morgan fingerprint density at radius 2 is 2.00 bits per heavy atom. The van der Waals surface area contributed by atoms with Gasteiger partial charge in [0.25, 0.3) is 0 Å². The summed E-state index contributed by atoms with van der Waals surface area (Å²) in [5.41, 5.74) is 5.63. The highest BCUT2D eigenvalue weighted by Crippen LogP contribution is 1.97. The van der Waals surface area contributed by atoms with Crippen LogP contribution in [0.1, 0.15) is 40.0 Å². The van der Waals surface area contributed by atoms with Gasteiger partial charge in [0.2, 0.25) is 0 Å². The predicted octanol–water partition coefficient (Wildman–Crippen LogP) is 1.75. The SMILES string of the molecule is CCC(C)CNCCCC(C)N. The minimum absolute atomic E-state index is 0.357. The van der Waals surface area contributed by atoms with Gasteiger partial charge in [0.15, 0.2) is 0 Å². The molecular formula is C10H24N2. The molecule has 0 aromatic heterocycles. The van der Waals surface area contributed by atoms with E-state index in [4.69, 9.17) is 5.73 Å². The molecule has 0 amide bonds. The molecular weight excluding hydrogens is 148 g/mol. The van der Waals surface area contributed by atoms with Crippen LogP contribution in [0.5, 0.6) is 0 Å². The first-order chi connectivity index (χ1) is 5.66. The Kier molecular flexibility index (Phi) is 7.51. The normalized spacial score (nSPS) is 16.0. The Hall–Kier alpha value is -0.0800. The summed E-state index contributed by atoms with van der Waals surface area (Å²) >= 11 is 0. The number of hydrogen-bond donors (Lipinski definition) is 2. The van der Waals surface area contributed by atoms with Gasteiger partial charge in [0.1, 0.15) is 0 Å². The largest absolute Gasteiger partial charge is 0.328 e. The van der Waals surface area contributed by atoms with Gasteiger partial charge in [-0.2, -0.15) is 0 Å².